The zero-order valence-electron chi connectivity index (χ0n) is 17.8. The second kappa shape index (κ2) is 9.48. The van der Waals surface area contributed by atoms with Gasteiger partial charge in [0.1, 0.15) is 0 Å². The minimum atomic E-state index is -0.327. The number of hydrogen-bond acceptors (Lipinski definition) is 5. The first-order valence-electron chi connectivity index (χ1n) is 10.3. The number of morpholine rings is 1. The van der Waals surface area contributed by atoms with Gasteiger partial charge in [-0.1, -0.05) is 35.9 Å². The number of carbonyl (C=O) groups is 3. The van der Waals surface area contributed by atoms with Crippen LogP contribution in [-0.2, 0) is 16.1 Å². The van der Waals surface area contributed by atoms with Gasteiger partial charge < -0.3 is 9.64 Å². The number of ether oxygens (including phenoxy) is 1. The van der Waals surface area contributed by atoms with Crippen LogP contribution in [0.4, 0.5) is 4.79 Å². The molecule has 6 nitrogen and oxygen atoms in total. The van der Waals surface area contributed by atoms with E-state index in [4.69, 9.17) is 16.3 Å². The molecule has 32 heavy (non-hydrogen) atoms. The van der Waals surface area contributed by atoms with Gasteiger partial charge in [-0.25, -0.2) is 0 Å². The molecule has 166 valence electrons. The Balaban J connectivity index is 1.44. The molecule has 3 amide bonds. The van der Waals surface area contributed by atoms with E-state index in [9.17, 15) is 14.4 Å². The number of hydrogen-bond donors (Lipinski definition) is 0. The molecule has 2 atom stereocenters. The van der Waals surface area contributed by atoms with E-state index in [1.165, 1.54) is 4.90 Å². The number of rotatable bonds is 4. The molecular weight excluding hydrogens is 448 g/mol. The van der Waals surface area contributed by atoms with Gasteiger partial charge in [0.25, 0.3) is 17.1 Å². The lowest BCUT2D eigenvalue weighted by Crippen LogP contribution is -2.48. The lowest BCUT2D eigenvalue weighted by molar-refractivity contribution is -0.123. The maximum absolute atomic E-state index is 12.8. The molecule has 8 heteroatoms. The molecule has 0 spiro atoms. The van der Waals surface area contributed by atoms with Crippen LogP contribution in [0, 0.1) is 0 Å². The summed E-state index contributed by atoms with van der Waals surface area (Å²) in [6.07, 6.45) is 1.69. The molecule has 2 aromatic rings. The molecule has 2 aliphatic heterocycles. The fourth-order valence-electron chi connectivity index (χ4n) is 3.81. The predicted molar refractivity (Wildman–Crippen MR) is 125 cm³/mol. The Bertz CT molecular complexity index is 1060. The van der Waals surface area contributed by atoms with Crippen molar-refractivity contribution >= 4 is 46.5 Å². The van der Waals surface area contributed by atoms with E-state index in [0.29, 0.717) is 28.6 Å². The zero-order chi connectivity index (χ0) is 22.8. The molecule has 0 N–H and O–H groups in total. The van der Waals surface area contributed by atoms with Crippen molar-refractivity contribution in [3.63, 3.8) is 0 Å². The SMILES string of the molecule is C[C@@H]1CN(C(=O)c2ccc(/C=C3\SC(=O)N(Cc4ccc(Cl)cc4)C3=O)cc2)C[C@@H](C)O1. The summed E-state index contributed by atoms with van der Waals surface area (Å²) in [6.45, 7) is 5.23. The van der Waals surface area contributed by atoms with E-state index in [0.717, 1.165) is 22.9 Å². The summed E-state index contributed by atoms with van der Waals surface area (Å²) >= 11 is 6.81. The molecule has 0 aromatic heterocycles. The molecule has 2 aromatic carbocycles. The van der Waals surface area contributed by atoms with Crippen molar-refractivity contribution in [3.8, 4) is 0 Å². The van der Waals surface area contributed by atoms with Crippen LogP contribution >= 0.6 is 23.4 Å². The lowest BCUT2D eigenvalue weighted by Gasteiger charge is -2.35. The molecule has 0 unspecified atom stereocenters. The summed E-state index contributed by atoms with van der Waals surface area (Å²) in [7, 11) is 0. The minimum absolute atomic E-state index is 0.00506. The summed E-state index contributed by atoms with van der Waals surface area (Å²) in [5, 5.41) is 0.293. The molecule has 0 bridgehead atoms. The van der Waals surface area contributed by atoms with Crippen LogP contribution < -0.4 is 0 Å². The molecule has 2 aliphatic rings. The Hall–Kier alpha value is -2.61. The topological polar surface area (TPSA) is 66.9 Å². The van der Waals surface area contributed by atoms with Gasteiger partial charge in [0.2, 0.25) is 0 Å². The first kappa shape index (κ1) is 22.6. The molecular formula is C24H23ClN2O4S. The average Bonchev–Trinajstić information content (AvgIpc) is 3.02. The van der Waals surface area contributed by atoms with Crippen LogP contribution in [-0.4, -0.2) is 52.2 Å². The molecule has 0 radical (unpaired) electrons. The summed E-state index contributed by atoms with van der Waals surface area (Å²) < 4.78 is 5.69. The van der Waals surface area contributed by atoms with Crippen LogP contribution in [0.2, 0.25) is 5.02 Å². The maximum atomic E-state index is 12.8. The molecule has 0 aliphatic carbocycles. The number of nitrogens with zero attached hydrogens (tertiary/aromatic N) is 2. The Kier molecular flexibility index (Phi) is 6.69. The Morgan fingerprint density at radius 3 is 2.31 bits per heavy atom. The van der Waals surface area contributed by atoms with Crippen LogP contribution in [0.25, 0.3) is 6.08 Å². The molecule has 2 fully saturated rings. The van der Waals surface area contributed by atoms with E-state index in [-0.39, 0.29) is 35.8 Å². The Labute approximate surface area is 196 Å². The highest BCUT2D eigenvalue weighted by Crippen LogP contribution is 2.33. The maximum Gasteiger partial charge on any atom is 0.293 e. The van der Waals surface area contributed by atoms with Gasteiger partial charge in [-0.05, 0) is 67.1 Å². The van der Waals surface area contributed by atoms with Gasteiger partial charge >= 0.3 is 0 Å². The highest BCUT2D eigenvalue weighted by molar-refractivity contribution is 8.18. The first-order valence-corrected chi connectivity index (χ1v) is 11.5. The van der Waals surface area contributed by atoms with Crippen molar-refractivity contribution < 1.29 is 19.1 Å². The summed E-state index contributed by atoms with van der Waals surface area (Å²) in [5.41, 5.74) is 2.16. The third kappa shape index (κ3) is 5.06. The van der Waals surface area contributed by atoms with Crippen molar-refractivity contribution in [3.05, 3.63) is 75.1 Å². The predicted octanol–water partition coefficient (Wildman–Crippen LogP) is 4.83. The summed E-state index contributed by atoms with van der Waals surface area (Å²) in [4.78, 5) is 41.3. The molecule has 0 saturated carbocycles. The second-order valence-corrected chi connectivity index (χ2v) is 9.41. The van der Waals surface area contributed by atoms with E-state index in [1.54, 1.807) is 59.5 Å². The van der Waals surface area contributed by atoms with Crippen molar-refractivity contribution in [1.82, 2.24) is 9.80 Å². The summed E-state index contributed by atoms with van der Waals surface area (Å²) in [6, 6.07) is 14.1. The molecule has 4 rings (SSSR count). The third-order valence-corrected chi connectivity index (χ3v) is 6.45. The van der Waals surface area contributed by atoms with Crippen molar-refractivity contribution in [2.45, 2.75) is 32.6 Å². The number of imide groups is 1. The first-order chi connectivity index (χ1) is 15.3. The van der Waals surface area contributed by atoms with E-state index in [1.807, 2.05) is 13.8 Å². The summed E-state index contributed by atoms with van der Waals surface area (Å²) in [5.74, 6) is -0.367. The molecule has 2 heterocycles. The van der Waals surface area contributed by atoms with Gasteiger partial charge in [-0.15, -0.1) is 0 Å². The number of thioether (sulfide) groups is 1. The van der Waals surface area contributed by atoms with E-state index < -0.39 is 0 Å². The van der Waals surface area contributed by atoms with Crippen LogP contribution in [0.15, 0.2) is 53.4 Å². The number of halogens is 1. The van der Waals surface area contributed by atoms with Crippen molar-refractivity contribution in [2.75, 3.05) is 13.1 Å². The number of carbonyl (C=O) groups excluding carboxylic acids is 3. The average molecular weight is 471 g/mol. The fourth-order valence-corrected chi connectivity index (χ4v) is 4.77. The quantitative estimate of drug-likeness (QED) is 0.599. The van der Waals surface area contributed by atoms with Gasteiger partial charge in [0, 0.05) is 23.7 Å². The normalized spacial score (nSPS) is 22.7. The lowest BCUT2D eigenvalue weighted by atomic mass is 10.1. The van der Waals surface area contributed by atoms with Crippen molar-refractivity contribution in [1.29, 1.82) is 0 Å². The standard InChI is InChI=1S/C24H23ClN2O4S/c1-15-12-26(13-16(2)31-15)22(28)19-7-3-17(4-8-19)11-21-23(29)27(24(30)32-21)14-18-5-9-20(25)10-6-18/h3-11,15-16H,12-14H2,1-2H3/b21-11-/t15-,16-/m1/s1. The van der Waals surface area contributed by atoms with E-state index >= 15 is 0 Å². The smallest absolute Gasteiger partial charge is 0.293 e. The van der Waals surface area contributed by atoms with E-state index in [2.05, 4.69) is 0 Å². The second-order valence-electron chi connectivity index (χ2n) is 7.98. The zero-order valence-corrected chi connectivity index (χ0v) is 19.4. The Morgan fingerprint density at radius 2 is 1.69 bits per heavy atom. The number of amides is 3. The van der Waals surface area contributed by atoms with Crippen LogP contribution in [0.1, 0.15) is 35.3 Å². The molecule has 2 saturated heterocycles. The highest BCUT2D eigenvalue weighted by atomic mass is 35.5. The number of benzene rings is 2. The van der Waals surface area contributed by atoms with Gasteiger partial charge in [0.15, 0.2) is 0 Å². The fraction of sp³-hybridized carbons (Fsp3) is 0.292. The van der Waals surface area contributed by atoms with Crippen molar-refractivity contribution in [2.24, 2.45) is 0 Å². The van der Waals surface area contributed by atoms with Gasteiger partial charge in [0.05, 0.1) is 23.7 Å². The van der Waals surface area contributed by atoms with Gasteiger partial charge in [-0.3, -0.25) is 19.3 Å². The highest BCUT2D eigenvalue weighted by Gasteiger charge is 2.35. The Morgan fingerprint density at radius 1 is 1.06 bits per heavy atom. The van der Waals surface area contributed by atoms with Crippen LogP contribution in [0.3, 0.4) is 0 Å². The largest absolute Gasteiger partial charge is 0.372 e. The third-order valence-electron chi connectivity index (χ3n) is 5.29. The van der Waals surface area contributed by atoms with Gasteiger partial charge in [-0.2, -0.15) is 0 Å². The minimum Gasteiger partial charge on any atom is -0.372 e. The monoisotopic (exact) mass is 470 g/mol. The van der Waals surface area contributed by atoms with Crippen LogP contribution in [0.5, 0.6) is 0 Å².